The predicted molar refractivity (Wildman–Crippen MR) is 191 cm³/mol. The second kappa shape index (κ2) is 39.2. The van der Waals surface area contributed by atoms with Crippen molar-refractivity contribution in [3.05, 3.63) is 0 Å². The van der Waals surface area contributed by atoms with Gasteiger partial charge in [-0.05, 0) is 38.0 Å². The minimum Gasteiger partial charge on any atom is -0.481 e. The molecule has 0 aromatic carbocycles. The smallest absolute Gasteiger partial charge is 0.303 e. The largest absolute Gasteiger partial charge is 0.481 e. The van der Waals surface area contributed by atoms with Gasteiger partial charge in [0.15, 0.2) is 0 Å². The molecule has 0 unspecified atom stereocenters. The summed E-state index contributed by atoms with van der Waals surface area (Å²) in [6.45, 7) is 7.22. The van der Waals surface area contributed by atoms with Gasteiger partial charge in [-0.3, -0.25) is 14.4 Å². The number of aliphatic hydroxyl groups excluding tert-OH is 1. The molecule has 274 valence electrons. The van der Waals surface area contributed by atoms with Crippen LogP contribution in [-0.4, -0.2) is 53.6 Å². The lowest BCUT2D eigenvalue weighted by Crippen LogP contribution is -2.18. The molecule has 0 aliphatic rings. The molecule has 0 saturated carbocycles. The SMILES string of the molecule is CC(C)CCNC=O.CC(C=O)(CCCCCCCCCCCCCC(=O)O)CCCCCCCCCCCCCC(=O)O.CO. The molecule has 0 bridgehead atoms. The summed E-state index contributed by atoms with van der Waals surface area (Å²) < 4.78 is 0. The third kappa shape index (κ3) is 44.2. The Bertz CT molecular complexity index is 629. The Hall–Kier alpha value is -1.96. The van der Waals surface area contributed by atoms with Crippen LogP contribution in [0.2, 0.25) is 0 Å². The highest BCUT2D eigenvalue weighted by molar-refractivity contribution is 5.66. The van der Waals surface area contributed by atoms with Gasteiger partial charge in [0.25, 0.3) is 0 Å². The van der Waals surface area contributed by atoms with E-state index in [2.05, 4.69) is 26.1 Å². The number of carbonyl (C=O) groups excluding carboxylic acids is 2. The van der Waals surface area contributed by atoms with E-state index in [1.54, 1.807) is 0 Å². The van der Waals surface area contributed by atoms with E-state index in [-0.39, 0.29) is 5.41 Å². The Balaban J connectivity index is -0.00000159. The summed E-state index contributed by atoms with van der Waals surface area (Å²) in [4.78, 5) is 42.3. The number of amides is 1. The van der Waals surface area contributed by atoms with Crippen molar-refractivity contribution in [2.24, 2.45) is 11.3 Å². The number of hydrogen-bond donors (Lipinski definition) is 4. The molecular formula is C38H75NO7. The van der Waals surface area contributed by atoms with Crippen LogP contribution in [0.25, 0.3) is 0 Å². The molecular weight excluding hydrogens is 582 g/mol. The topological polar surface area (TPSA) is 141 Å². The maximum Gasteiger partial charge on any atom is 0.303 e. The van der Waals surface area contributed by atoms with Crippen molar-refractivity contribution in [2.75, 3.05) is 13.7 Å². The molecule has 0 radical (unpaired) electrons. The van der Waals surface area contributed by atoms with Gasteiger partial charge in [-0.15, -0.1) is 0 Å². The average molecular weight is 658 g/mol. The van der Waals surface area contributed by atoms with Crippen LogP contribution in [-0.2, 0) is 19.2 Å². The van der Waals surface area contributed by atoms with E-state index in [4.69, 9.17) is 15.3 Å². The minimum atomic E-state index is -0.679. The van der Waals surface area contributed by atoms with Crippen LogP contribution in [0, 0.1) is 11.3 Å². The van der Waals surface area contributed by atoms with Crippen LogP contribution in [0.1, 0.15) is 194 Å². The third-order valence-corrected chi connectivity index (χ3v) is 8.51. The Labute approximate surface area is 283 Å². The zero-order valence-corrected chi connectivity index (χ0v) is 30.5. The molecule has 4 N–H and O–H groups in total. The molecule has 0 aromatic heterocycles. The van der Waals surface area contributed by atoms with Crippen LogP contribution in [0.3, 0.4) is 0 Å². The summed E-state index contributed by atoms with van der Waals surface area (Å²) in [5.41, 5.74) is -0.138. The molecule has 0 aliphatic carbocycles. The number of nitrogens with one attached hydrogen (secondary N) is 1. The lowest BCUT2D eigenvalue weighted by Gasteiger charge is -2.23. The van der Waals surface area contributed by atoms with Crippen molar-refractivity contribution in [2.45, 2.75) is 194 Å². The fourth-order valence-corrected chi connectivity index (χ4v) is 5.47. The van der Waals surface area contributed by atoms with Crippen molar-refractivity contribution in [1.29, 1.82) is 0 Å². The fourth-order valence-electron chi connectivity index (χ4n) is 5.47. The van der Waals surface area contributed by atoms with E-state index in [0.29, 0.717) is 18.8 Å². The lowest BCUT2D eigenvalue weighted by molar-refractivity contribution is -0.138. The highest BCUT2D eigenvalue weighted by Gasteiger charge is 2.22. The number of aldehydes is 1. The Kier molecular flexibility index (Phi) is 41.3. The van der Waals surface area contributed by atoms with Crippen molar-refractivity contribution < 1.29 is 34.5 Å². The van der Waals surface area contributed by atoms with E-state index >= 15 is 0 Å². The van der Waals surface area contributed by atoms with Gasteiger partial charge in [-0.25, -0.2) is 0 Å². The second-order valence-corrected chi connectivity index (χ2v) is 13.6. The normalized spacial score (nSPS) is 10.8. The summed E-state index contributed by atoms with van der Waals surface area (Å²) in [5, 5.41) is 26.9. The Morgan fingerprint density at radius 3 is 1.09 bits per heavy atom. The predicted octanol–water partition coefficient (Wildman–Crippen LogP) is 9.89. The summed E-state index contributed by atoms with van der Waals surface area (Å²) in [6, 6.07) is 0. The number of carbonyl (C=O) groups is 4. The summed E-state index contributed by atoms with van der Waals surface area (Å²) in [7, 11) is 1.00. The summed E-state index contributed by atoms with van der Waals surface area (Å²) in [6.07, 6.45) is 31.8. The van der Waals surface area contributed by atoms with Crippen molar-refractivity contribution in [3.8, 4) is 0 Å². The van der Waals surface area contributed by atoms with Gasteiger partial charge < -0.3 is 25.4 Å². The first-order valence-electron chi connectivity index (χ1n) is 18.7. The molecule has 8 nitrogen and oxygen atoms in total. The van der Waals surface area contributed by atoms with Crippen LogP contribution in [0.15, 0.2) is 0 Å². The molecule has 0 saturated heterocycles. The van der Waals surface area contributed by atoms with E-state index in [1.165, 1.54) is 96.2 Å². The van der Waals surface area contributed by atoms with Crippen molar-refractivity contribution >= 4 is 24.6 Å². The quantitative estimate of drug-likeness (QED) is 0.0406. The van der Waals surface area contributed by atoms with Gasteiger partial charge in [-0.2, -0.15) is 0 Å². The molecule has 0 rings (SSSR count). The summed E-state index contributed by atoms with van der Waals surface area (Å²) >= 11 is 0. The van der Waals surface area contributed by atoms with Crippen LogP contribution >= 0.6 is 0 Å². The zero-order valence-electron chi connectivity index (χ0n) is 30.5. The standard InChI is InChI=1S/C31H58O5.C6H13NO.CH4O/c1-31(28-32,26-22-18-14-10-6-2-4-8-12-16-20-24-29(33)34)27-23-19-15-11-7-3-5-9-13-17-21-25-30(35)36;1-6(2)3-4-7-5-8;1-2/h28H,2-27H2,1H3,(H,33,34)(H,35,36);5-6H,3-4H2,1-2H3,(H,7,8);2H,1H3. The van der Waals surface area contributed by atoms with E-state index < -0.39 is 11.9 Å². The average Bonchev–Trinajstić information content (AvgIpc) is 3.02. The number of carboxylic acids is 2. The van der Waals surface area contributed by atoms with Gasteiger partial charge in [0, 0.05) is 31.9 Å². The molecule has 0 aliphatic heterocycles. The second-order valence-electron chi connectivity index (χ2n) is 13.6. The maximum absolute atomic E-state index is 11.7. The monoisotopic (exact) mass is 658 g/mol. The van der Waals surface area contributed by atoms with Crippen LogP contribution in [0.5, 0.6) is 0 Å². The molecule has 46 heavy (non-hydrogen) atoms. The van der Waals surface area contributed by atoms with E-state index in [1.807, 2.05) is 0 Å². The number of hydrogen-bond acceptors (Lipinski definition) is 5. The molecule has 0 aromatic rings. The number of unbranched alkanes of at least 4 members (excludes halogenated alkanes) is 20. The fraction of sp³-hybridized carbons (Fsp3) is 0.895. The van der Waals surface area contributed by atoms with Crippen LogP contribution in [0.4, 0.5) is 0 Å². The maximum atomic E-state index is 11.7. The third-order valence-electron chi connectivity index (χ3n) is 8.51. The number of aliphatic carboxylic acids is 2. The molecule has 0 spiro atoms. The Morgan fingerprint density at radius 2 is 0.848 bits per heavy atom. The highest BCUT2D eigenvalue weighted by atomic mass is 16.4. The number of rotatable bonds is 33. The molecule has 1 amide bonds. The molecule has 0 heterocycles. The highest BCUT2D eigenvalue weighted by Crippen LogP contribution is 2.29. The van der Waals surface area contributed by atoms with Gasteiger partial charge in [-0.1, -0.05) is 149 Å². The van der Waals surface area contributed by atoms with Crippen molar-refractivity contribution in [3.63, 3.8) is 0 Å². The van der Waals surface area contributed by atoms with Gasteiger partial charge >= 0.3 is 11.9 Å². The first kappa shape index (κ1) is 48.4. The van der Waals surface area contributed by atoms with E-state index in [0.717, 1.165) is 90.7 Å². The van der Waals surface area contributed by atoms with Gasteiger partial charge in [0.2, 0.25) is 6.41 Å². The van der Waals surface area contributed by atoms with Crippen LogP contribution < -0.4 is 5.32 Å². The van der Waals surface area contributed by atoms with Gasteiger partial charge in [0.1, 0.15) is 6.29 Å². The van der Waals surface area contributed by atoms with Crippen molar-refractivity contribution in [1.82, 2.24) is 5.32 Å². The molecule has 0 atom stereocenters. The molecule has 0 fully saturated rings. The first-order chi connectivity index (χ1) is 22.2. The van der Waals surface area contributed by atoms with E-state index in [9.17, 15) is 19.2 Å². The zero-order chi connectivity index (χ0) is 35.2. The number of aliphatic hydroxyl groups is 1. The molecule has 8 heteroatoms. The minimum absolute atomic E-state index is 0.138. The Morgan fingerprint density at radius 1 is 0.565 bits per heavy atom. The number of carboxylic acid groups (broad SMARTS) is 2. The summed E-state index contributed by atoms with van der Waals surface area (Å²) in [5.74, 6) is -0.675. The lowest BCUT2D eigenvalue weighted by atomic mass is 9.81. The first-order valence-corrected chi connectivity index (χ1v) is 18.7. The van der Waals surface area contributed by atoms with Gasteiger partial charge in [0.05, 0.1) is 0 Å².